The molecule has 0 atom stereocenters. The van der Waals surface area contributed by atoms with Gasteiger partial charge in [-0.05, 0) is 55.6 Å². The minimum Gasteiger partial charge on any atom is -0.486 e. The van der Waals surface area contributed by atoms with E-state index in [1.807, 2.05) is 18.2 Å². The molecule has 0 radical (unpaired) electrons. The van der Waals surface area contributed by atoms with Crippen LogP contribution in [0.15, 0.2) is 39.3 Å². The van der Waals surface area contributed by atoms with Crippen LogP contribution in [-0.2, 0) is 13.2 Å². The van der Waals surface area contributed by atoms with Gasteiger partial charge in [-0.25, -0.2) is 4.39 Å². The summed E-state index contributed by atoms with van der Waals surface area (Å²) < 4.78 is 21.1. The second-order valence-corrected chi connectivity index (χ2v) is 5.98. The van der Waals surface area contributed by atoms with Crippen LogP contribution < -0.4 is 10.5 Å². The summed E-state index contributed by atoms with van der Waals surface area (Å²) in [7, 11) is 0. The third-order valence-corrected chi connectivity index (χ3v) is 4.04. The molecule has 0 aliphatic rings. The van der Waals surface area contributed by atoms with Crippen molar-refractivity contribution in [2.75, 3.05) is 0 Å². The summed E-state index contributed by atoms with van der Waals surface area (Å²) in [5.74, 6) is 0.0137. The second-order valence-electron chi connectivity index (χ2n) is 4.27. The van der Waals surface area contributed by atoms with E-state index < -0.39 is 5.82 Å². The Bertz CT molecular complexity index is 690. The van der Waals surface area contributed by atoms with Crippen LogP contribution in [0.4, 0.5) is 4.39 Å². The quantitative estimate of drug-likeness (QED) is 0.814. The molecule has 2 aromatic rings. The first-order valence-corrected chi connectivity index (χ1v) is 7.63. The van der Waals surface area contributed by atoms with Crippen molar-refractivity contribution in [3.05, 3.63) is 61.8 Å². The third kappa shape index (κ3) is 3.62. The fourth-order valence-corrected chi connectivity index (χ4v) is 3.31. The maximum absolute atomic E-state index is 14.0. The average molecular weight is 414 g/mol. The summed E-state index contributed by atoms with van der Waals surface area (Å²) in [6.45, 7) is 0.441. The van der Waals surface area contributed by atoms with Gasteiger partial charge < -0.3 is 10.5 Å². The van der Waals surface area contributed by atoms with Gasteiger partial charge in [0.15, 0.2) is 0 Å². The summed E-state index contributed by atoms with van der Waals surface area (Å²) in [4.78, 5) is 0. The normalized spacial score (nSPS) is 10.2. The van der Waals surface area contributed by atoms with Crippen molar-refractivity contribution in [3.63, 3.8) is 0 Å². The maximum atomic E-state index is 14.0. The van der Waals surface area contributed by atoms with E-state index in [0.29, 0.717) is 17.9 Å². The summed E-state index contributed by atoms with van der Waals surface area (Å²) in [5, 5.41) is 8.82. The summed E-state index contributed by atoms with van der Waals surface area (Å²) >= 11 is 6.80. The van der Waals surface area contributed by atoms with Gasteiger partial charge in [0, 0.05) is 12.1 Å². The Labute approximate surface area is 138 Å². The Balaban J connectivity index is 2.23. The van der Waals surface area contributed by atoms with Crippen LogP contribution >= 0.6 is 31.9 Å². The Kier molecular flexibility index (Phi) is 5.34. The van der Waals surface area contributed by atoms with E-state index in [1.54, 1.807) is 12.1 Å². The lowest BCUT2D eigenvalue weighted by atomic mass is 10.1. The van der Waals surface area contributed by atoms with Crippen LogP contribution in [0.25, 0.3) is 0 Å². The summed E-state index contributed by atoms with van der Waals surface area (Å²) in [6.07, 6.45) is 0. The van der Waals surface area contributed by atoms with Gasteiger partial charge in [0.25, 0.3) is 0 Å². The van der Waals surface area contributed by atoms with Gasteiger partial charge in [0.1, 0.15) is 24.2 Å². The number of benzene rings is 2. The highest BCUT2D eigenvalue weighted by atomic mass is 79.9. The Hall–Kier alpha value is -1.42. The molecule has 3 nitrogen and oxygen atoms in total. The molecule has 0 spiro atoms. The molecule has 108 valence electrons. The minimum atomic E-state index is -0.550. The van der Waals surface area contributed by atoms with Crippen molar-refractivity contribution in [2.24, 2.45) is 5.73 Å². The number of halogens is 3. The number of nitriles is 1. The van der Waals surface area contributed by atoms with Gasteiger partial charge in [-0.3, -0.25) is 0 Å². The molecule has 6 heteroatoms. The molecular formula is C15H11Br2FN2O. The first-order valence-electron chi connectivity index (χ1n) is 6.05. The summed E-state index contributed by atoms with van der Waals surface area (Å²) in [5.41, 5.74) is 6.87. The van der Waals surface area contributed by atoms with E-state index in [2.05, 4.69) is 31.9 Å². The van der Waals surface area contributed by atoms with E-state index in [0.717, 1.165) is 14.5 Å². The summed E-state index contributed by atoms with van der Waals surface area (Å²) in [6, 6.07) is 10.2. The highest BCUT2D eigenvalue weighted by molar-refractivity contribution is 9.11. The average Bonchev–Trinajstić information content (AvgIpc) is 2.47. The smallest absolute Gasteiger partial charge is 0.148 e. The van der Waals surface area contributed by atoms with E-state index in [4.69, 9.17) is 15.7 Å². The van der Waals surface area contributed by atoms with E-state index in [-0.39, 0.29) is 12.2 Å². The van der Waals surface area contributed by atoms with Crippen LogP contribution in [0.3, 0.4) is 0 Å². The zero-order chi connectivity index (χ0) is 15.4. The molecule has 0 saturated carbocycles. The first-order chi connectivity index (χ1) is 10.1. The molecule has 0 fully saturated rings. The highest BCUT2D eigenvalue weighted by Crippen LogP contribution is 2.35. The first kappa shape index (κ1) is 16.0. The lowest BCUT2D eigenvalue weighted by molar-refractivity contribution is 0.296. The number of hydrogen-bond donors (Lipinski definition) is 1. The standard InChI is InChI=1S/C15H11Br2FN2O/c16-12-4-9(6-19)5-13(17)15(12)21-8-11-3-1-2-10(7-20)14(11)18/h1-5H,6,8,19H2. The number of hydrogen-bond acceptors (Lipinski definition) is 3. The topological polar surface area (TPSA) is 59.0 Å². The van der Waals surface area contributed by atoms with E-state index in [1.165, 1.54) is 6.07 Å². The van der Waals surface area contributed by atoms with Crippen LogP contribution in [0.1, 0.15) is 16.7 Å². The Morgan fingerprint density at radius 1 is 1.24 bits per heavy atom. The predicted octanol–water partition coefficient (Wildman–Crippen LogP) is 4.26. The molecule has 0 aromatic heterocycles. The Morgan fingerprint density at radius 3 is 2.48 bits per heavy atom. The zero-order valence-electron chi connectivity index (χ0n) is 10.9. The lowest BCUT2D eigenvalue weighted by Gasteiger charge is -2.12. The van der Waals surface area contributed by atoms with Crippen molar-refractivity contribution < 1.29 is 9.13 Å². The van der Waals surface area contributed by atoms with Crippen molar-refractivity contribution in [3.8, 4) is 11.8 Å². The van der Waals surface area contributed by atoms with Gasteiger partial charge in [-0.15, -0.1) is 0 Å². The van der Waals surface area contributed by atoms with Crippen LogP contribution in [0.5, 0.6) is 5.75 Å². The zero-order valence-corrected chi connectivity index (χ0v) is 14.0. The molecule has 2 aromatic carbocycles. The Morgan fingerprint density at radius 2 is 1.90 bits per heavy atom. The van der Waals surface area contributed by atoms with Gasteiger partial charge in [-0.2, -0.15) is 5.26 Å². The fraction of sp³-hybridized carbons (Fsp3) is 0.133. The van der Waals surface area contributed by atoms with Crippen molar-refractivity contribution in [1.29, 1.82) is 5.26 Å². The van der Waals surface area contributed by atoms with Gasteiger partial charge in [0.05, 0.1) is 14.5 Å². The van der Waals surface area contributed by atoms with Crippen molar-refractivity contribution in [2.45, 2.75) is 13.2 Å². The number of rotatable bonds is 4. The number of ether oxygens (including phenoxy) is 1. The van der Waals surface area contributed by atoms with Crippen molar-refractivity contribution >= 4 is 31.9 Å². The van der Waals surface area contributed by atoms with Crippen LogP contribution in [0, 0.1) is 17.1 Å². The van der Waals surface area contributed by atoms with Gasteiger partial charge in [0.2, 0.25) is 0 Å². The molecule has 0 saturated heterocycles. The molecule has 0 amide bonds. The van der Waals surface area contributed by atoms with Gasteiger partial charge >= 0.3 is 0 Å². The second kappa shape index (κ2) is 7.03. The lowest BCUT2D eigenvalue weighted by Crippen LogP contribution is -2.02. The number of nitrogens with two attached hydrogens (primary N) is 1. The van der Waals surface area contributed by atoms with Crippen LogP contribution in [0.2, 0.25) is 0 Å². The molecule has 0 bridgehead atoms. The minimum absolute atomic E-state index is 0.00714. The highest BCUT2D eigenvalue weighted by Gasteiger charge is 2.12. The van der Waals surface area contributed by atoms with Gasteiger partial charge in [-0.1, -0.05) is 12.1 Å². The third-order valence-electron chi connectivity index (χ3n) is 2.86. The largest absolute Gasteiger partial charge is 0.486 e. The SMILES string of the molecule is N#Cc1cccc(COc2c(Br)cc(CN)cc2Br)c1F. The van der Waals surface area contributed by atoms with E-state index >= 15 is 0 Å². The monoisotopic (exact) mass is 412 g/mol. The fourth-order valence-electron chi connectivity index (χ4n) is 1.80. The van der Waals surface area contributed by atoms with E-state index in [9.17, 15) is 4.39 Å². The number of nitrogens with zero attached hydrogens (tertiary/aromatic N) is 1. The van der Waals surface area contributed by atoms with Crippen molar-refractivity contribution in [1.82, 2.24) is 0 Å². The molecule has 2 N–H and O–H groups in total. The molecule has 0 aliphatic heterocycles. The molecule has 21 heavy (non-hydrogen) atoms. The molecule has 0 aliphatic carbocycles. The van der Waals surface area contributed by atoms with Crippen LogP contribution in [-0.4, -0.2) is 0 Å². The molecule has 2 rings (SSSR count). The molecular weight excluding hydrogens is 403 g/mol. The molecule has 0 unspecified atom stereocenters. The molecule has 0 heterocycles. The maximum Gasteiger partial charge on any atom is 0.148 e. The predicted molar refractivity (Wildman–Crippen MR) is 85.2 cm³/mol.